The summed E-state index contributed by atoms with van der Waals surface area (Å²) < 4.78 is 29.0. The number of sulfonamides is 1. The molecule has 0 bridgehead atoms. The molecule has 11 heteroatoms. The van der Waals surface area contributed by atoms with Crippen LogP contribution >= 0.6 is 0 Å². The van der Waals surface area contributed by atoms with Gasteiger partial charge in [-0.3, -0.25) is 19.7 Å². The predicted molar refractivity (Wildman–Crippen MR) is 150 cm³/mol. The highest BCUT2D eigenvalue weighted by Crippen LogP contribution is 2.20. The van der Waals surface area contributed by atoms with Crippen LogP contribution in [0.1, 0.15) is 24.0 Å². The summed E-state index contributed by atoms with van der Waals surface area (Å²) in [5.74, 6) is -1.50. The number of benzene rings is 3. The molecule has 10 nitrogen and oxygen atoms in total. The second-order valence-electron chi connectivity index (χ2n) is 9.24. The van der Waals surface area contributed by atoms with Crippen molar-refractivity contribution in [3.05, 3.63) is 119 Å². The third-order valence-electron chi connectivity index (χ3n) is 6.24. The van der Waals surface area contributed by atoms with E-state index in [2.05, 4.69) is 11.3 Å². The van der Waals surface area contributed by atoms with Crippen LogP contribution in [0.25, 0.3) is 0 Å². The van der Waals surface area contributed by atoms with Gasteiger partial charge in [-0.1, -0.05) is 66.7 Å². The van der Waals surface area contributed by atoms with E-state index < -0.39 is 38.9 Å². The van der Waals surface area contributed by atoms with Crippen LogP contribution in [0.5, 0.6) is 0 Å². The first-order valence-corrected chi connectivity index (χ1v) is 14.0. The van der Waals surface area contributed by atoms with E-state index in [1.165, 1.54) is 11.0 Å². The van der Waals surface area contributed by atoms with Crippen LogP contribution < -0.4 is 4.72 Å². The number of carboxylic acid groups (broad SMARTS) is 1. The lowest BCUT2D eigenvalue weighted by Crippen LogP contribution is -2.47. The molecule has 0 heterocycles. The maximum absolute atomic E-state index is 13.7. The molecule has 1 amide bonds. The lowest BCUT2D eigenvalue weighted by molar-refractivity contribution is -0.384. The maximum atomic E-state index is 13.7. The zero-order valence-electron chi connectivity index (χ0n) is 21.8. The third-order valence-corrected chi connectivity index (χ3v) is 7.77. The molecule has 3 rings (SSSR count). The number of hydrogen-bond donors (Lipinski definition) is 2. The summed E-state index contributed by atoms with van der Waals surface area (Å²) in [5.41, 5.74) is 1.39. The molecule has 3 aromatic rings. The largest absolute Gasteiger partial charge is 0.481 e. The summed E-state index contributed by atoms with van der Waals surface area (Å²) in [6, 6.07) is 21.1. The van der Waals surface area contributed by atoms with Crippen molar-refractivity contribution < 1.29 is 28.0 Å². The molecule has 0 aromatic heterocycles. The van der Waals surface area contributed by atoms with E-state index in [0.29, 0.717) is 6.42 Å². The van der Waals surface area contributed by atoms with Gasteiger partial charge in [-0.15, -0.1) is 6.58 Å². The van der Waals surface area contributed by atoms with E-state index in [0.717, 1.165) is 35.4 Å². The molecular formula is C29H31N3O7S. The van der Waals surface area contributed by atoms with Gasteiger partial charge in [0.1, 0.15) is 0 Å². The Morgan fingerprint density at radius 3 is 1.98 bits per heavy atom. The van der Waals surface area contributed by atoms with Crippen molar-refractivity contribution in [1.82, 2.24) is 9.62 Å². The molecule has 2 N–H and O–H groups in total. The number of nitrogens with one attached hydrogen (secondary N) is 1. The van der Waals surface area contributed by atoms with Crippen LogP contribution in [-0.2, 0) is 32.5 Å². The molecular weight excluding hydrogens is 534 g/mol. The normalized spacial score (nSPS) is 12.7. The number of carboxylic acids is 1. The molecule has 0 spiro atoms. The Kier molecular flexibility index (Phi) is 10.7. The Bertz CT molecular complexity index is 1410. The second-order valence-corrected chi connectivity index (χ2v) is 11.0. The van der Waals surface area contributed by atoms with Gasteiger partial charge in [-0.25, -0.2) is 13.1 Å². The van der Waals surface area contributed by atoms with Crippen LogP contribution in [0.15, 0.2) is 102 Å². The van der Waals surface area contributed by atoms with Crippen LogP contribution in [0.4, 0.5) is 5.69 Å². The first-order valence-electron chi connectivity index (χ1n) is 12.6. The molecule has 40 heavy (non-hydrogen) atoms. The highest BCUT2D eigenvalue weighted by molar-refractivity contribution is 7.89. The van der Waals surface area contributed by atoms with Crippen LogP contribution in [0.3, 0.4) is 0 Å². The molecule has 0 saturated heterocycles. The molecule has 0 saturated carbocycles. The van der Waals surface area contributed by atoms with Gasteiger partial charge in [-0.05, 0) is 36.1 Å². The van der Waals surface area contributed by atoms with E-state index in [-0.39, 0.29) is 36.4 Å². The van der Waals surface area contributed by atoms with E-state index in [1.807, 2.05) is 48.5 Å². The average Bonchev–Trinajstić information content (AvgIpc) is 2.92. The number of nitro benzene ring substituents is 1. The Hall–Kier alpha value is -4.35. The zero-order chi connectivity index (χ0) is 29.1. The van der Waals surface area contributed by atoms with Gasteiger partial charge in [0.05, 0.1) is 16.2 Å². The highest BCUT2D eigenvalue weighted by Gasteiger charge is 2.29. The Morgan fingerprint density at radius 2 is 1.48 bits per heavy atom. The topological polar surface area (TPSA) is 147 Å². The summed E-state index contributed by atoms with van der Waals surface area (Å²) in [5, 5.41) is 20.5. The SMILES string of the molecule is C=CCN(C(=O)C[C@H](Cc1ccccc1)NS(=O)(=O)c1ccc([N+](=O)[O-])cc1)[C@H](CC(=O)O)Cc1ccccc1. The first kappa shape index (κ1) is 30.2. The van der Waals surface area contributed by atoms with Crippen molar-refractivity contribution in [1.29, 1.82) is 0 Å². The summed E-state index contributed by atoms with van der Waals surface area (Å²) in [7, 11) is -4.15. The Balaban J connectivity index is 1.89. The van der Waals surface area contributed by atoms with Gasteiger partial charge in [0.25, 0.3) is 5.69 Å². The quantitative estimate of drug-likeness (QED) is 0.161. The fraction of sp³-hybridized carbons (Fsp3) is 0.241. The minimum absolute atomic E-state index is 0.0801. The molecule has 0 unspecified atom stereocenters. The van der Waals surface area contributed by atoms with Gasteiger partial charge < -0.3 is 10.0 Å². The van der Waals surface area contributed by atoms with Crippen molar-refractivity contribution in [2.75, 3.05) is 6.54 Å². The summed E-state index contributed by atoms with van der Waals surface area (Å²) in [6.45, 7) is 3.80. The van der Waals surface area contributed by atoms with Crippen LogP contribution in [0, 0.1) is 10.1 Å². The molecule has 2 atom stereocenters. The van der Waals surface area contributed by atoms with Gasteiger partial charge in [0, 0.05) is 37.2 Å². The minimum atomic E-state index is -4.15. The number of aliphatic carboxylic acids is 1. The number of nitrogens with zero attached hydrogens (tertiary/aromatic N) is 2. The summed E-state index contributed by atoms with van der Waals surface area (Å²) in [4.78, 5) is 37.0. The van der Waals surface area contributed by atoms with Crippen molar-refractivity contribution in [2.24, 2.45) is 0 Å². The second kappa shape index (κ2) is 14.2. The van der Waals surface area contributed by atoms with Crippen molar-refractivity contribution >= 4 is 27.6 Å². The zero-order valence-corrected chi connectivity index (χ0v) is 22.6. The van der Waals surface area contributed by atoms with E-state index >= 15 is 0 Å². The van der Waals surface area contributed by atoms with E-state index in [4.69, 9.17) is 0 Å². The average molecular weight is 566 g/mol. The Labute approximate surface area is 233 Å². The smallest absolute Gasteiger partial charge is 0.305 e. The predicted octanol–water partition coefficient (Wildman–Crippen LogP) is 3.98. The van der Waals surface area contributed by atoms with Gasteiger partial charge in [0.2, 0.25) is 15.9 Å². The van der Waals surface area contributed by atoms with E-state index in [1.54, 1.807) is 12.1 Å². The van der Waals surface area contributed by atoms with Crippen LogP contribution in [-0.4, -0.2) is 53.9 Å². The summed E-state index contributed by atoms with van der Waals surface area (Å²) in [6.07, 6.45) is 1.44. The number of nitro groups is 1. The fourth-order valence-corrected chi connectivity index (χ4v) is 5.63. The van der Waals surface area contributed by atoms with E-state index in [9.17, 15) is 33.2 Å². The van der Waals surface area contributed by atoms with Gasteiger partial charge in [0.15, 0.2) is 0 Å². The third kappa shape index (κ3) is 8.85. The van der Waals surface area contributed by atoms with Crippen LogP contribution in [0.2, 0.25) is 0 Å². The Morgan fingerprint density at radius 1 is 0.925 bits per heavy atom. The van der Waals surface area contributed by atoms with Crippen molar-refractivity contribution in [3.63, 3.8) is 0 Å². The van der Waals surface area contributed by atoms with Crippen molar-refractivity contribution in [2.45, 2.75) is 42.7 Å². The molecule has 3 aromatic carbocycles. The lowest BCUT2D eigenvalue weighted by Gasteiger charge is -2.32. The number of amides is 1. The van der Waals surface area contributed by atoms with Crippen molar-refractivity contribution in [3.8, 4) is 0 Å². The maximum Gasteiger partial charge on any atom is 0.305 e. The standard InChI is InChI=1S/C29H31N3O7S/c1-2-17-31(26(21-29(34)35)19-23-11-7-4-8-12-23)28(33)20-24(18-22-9-5-3-6-10-22)30-40(38,39)27-15-13-25(14-16-27)32(36)37/h2-16,24,26,30H,1,17-21H2,(H,34,35)/t24-,26-/m0/s1. The number of carbonyl (C=O) groups excluding carboxylic acids is 1. The first-order chi connectivity index (χ1) is 19.1. The molecule has 0 fully saturated rings. The monoisotopic (exact) mass is 565 g/mol. The number of hydrogen-bond acceptors (Lipinski definition) is 6. The molecule has 0 radical (unpaired) electrons. The number of rotatable bonds is 15. The molecule has 0 aliphatic rings. The fourth-order valence-electron chi connectivity index (χ4n) is 4.39. The lowest BCUT2D eigenvalue weighted by atomic mass is 9.99. The number of carbonyl (C=O) groups is 2. The highest BCUT2D eigenvalue weighted by atomic mass is 32.2. The number of non-ortho nitro benzene ring substituents is 1. The molecule has 0 aliphatic heterocycles. The molecule has 210 valence electrons. The van der Waals surface area contributed by atoms with Gasteiger partial charge >= 0.3 is 5.97 Å². The molecule has 0 aliphatic carbocycles. The summed E-state index contributed by atoms with van der Waals surface area (Å²) >= 11 is 0. The minimum Gasteiger partial charge on any atom is -0.481 e. The van der Waals surface area contributed by atoms with Gasteiger partial charge in [-0.2, -0.15) is 0 Å².